The number of aliphatic hydroxyl groups excluding tert-OH is 1. The topological polar surface area (TPSA) is 118 Å². The number of hydrogen-bond donors (Lipinski definition) is 3. The molecule has 2 atom stereocenters. The van der Waals surface area contributed by atoms with E-state index < -0.39 is 29.7 Å². The number of benzene rings is 2. The number of aliphatic carboxylic acids is 1. The average Bonchev–Trinajstić information content (AvgIpc) is 3.33. The van der Waals surface area contributed by atoms with Crippen LogP contribution in [-0.2, 0) is 22.4 Å². The summed E-state index contributed by atoms with van der Waals surface area (Å²) in [6.45, 7) is 8.59. The number of carboxylic acids is 1. The van der Waals surface area contributed by atoms with E-state index in [1.807, 2.05) is 32.9 Å². The van der Waals surface area contributed by atoms with E-state index in [0.717, 1.165) is 24.8 Å². The molecule has 3 N–H and O–H groups in total. The van der Waals surface area contributed by atoms with Gasteiger partial charge in [-0.1, -0.05) is 24.3 Å². The molecule has 0 bridgehead atoms. The van der Waals surface area contributed by atoms with E-state index in [0.29, 0.717) is 42.7 Å². The van der Waals surface area contributed by atoms with Crippen LogP contribution in [0.2, 0.25) is 0 Å². The van der Waals surface area contributed by atoms with Gasteiger partial charge in [-0.25, -0.2) is 9.59 Å². The Morgan fingerprint density at radius 2 is 1.61 bits per heavy atom. The third kappa shape index (κ3) is 6.62. The van der Waals surface area contributed by atoms with Gasteiger partial charge in [0.25, 0.3) is 0 Å². The van der Waals surface area contributed by atoms with E-state index in [4.69, 9.17) is 14.2 Å². The number of amides is 2. The Morgan fingerprint density at radius 1 is 1.05 bits per heavy atom. The normalized spacial score (nSPS) is 21.4. The number of hydrogen-bond acceptors (Lipinski definition) is 6. The third-order valence-corrected chi connectivity index (χ3v) is 8.51. The van der Waals surface area contributed by atoms with Crippen molar-refractivity contribution in [2.75, 3.05) is 26.9 Å². The Labute approximate surface area is 242 Å². The van der Waals surface area contributed by atoms with Gasteiger partial charge in [0.1, 0.15) is 17.0 Å². The molecule has 1 saturated carbocycles. The van der Waals surface area contributed by atoms with Crippen LogP contribution in [0.1, 0.15) is 81.4 Å². The maximum Gasteiger partial charge on any atom is 0.329 e. The van der Waals surface area contributed by atoms with Crippen LogP contribution in [0.5, 0.6) is 11.5 Å². The monoisotopic (exact) mass is 568 g/mol. The summed E-state index contributed by atoms with van der Waals surface area (Å²) in [5.74, 6) is 0.341. The van der Waals surface area contributed by atoms with Crippen LogP contribution in [0, 0.1) is 5.92 Å². The molecule has 0 heterocycles. The van der Waals surface area contributed by atoms with E-state index in [9.17, 15) is 19.8 Å². The van der Waals surface area contributed by atoms with Gasteiger partial charge in [0.15, 0.2) is 0 Å². The third-order valence-electron chi connectivity index (χ3n) is 8.51. The van der Waals surface area contributed by atoms with Gasteiger partial charge in [-0.05, 0) is 81.7 Å². The van der Waals surface area contributed by atoms with Gasteiger partial charge in [0, 0.05) is 26.5 Å². The van der Waals surface area contributed by atoms with Crippen LogP contribution < -0.4 is 14.8 Å². The lowest BCUT2D eigenvalue weighted by Crippen LogP contribution is -2.66. The van der Waals surface area contributed by atoms with Crippen molar-refractivity contribution < 1.29 is 34.0 Å². The summed E-state index contributed by atoms with van der Waals surface area (Å²) in [5, 5.41) is 23.4. The molecule has 9 nitrogen and oxygen atoms in total. The first kappa shape index (κ1) is 30.7. The second-order valence-electron chi connectivity index (χ2n) is 11.3. The van der Waals surface area contributed by atoms with E-state index >= 15 is 0 Å². The summed E-state index contributed by atoms with van der Waals surface area (Å²) in [7, 11) is 1.55. The summed E-state index contributed by atoms with van der Waals surface area (Å²) in [6, 6.07) is 11.3. The predicted molar refractivity (Wildman–Crippen MR) is 155 cm³/mol. The summed E-state index contributed by atoms with van der Waals surface area (Å²) >= 11 is 0. The lowest BCUT2D eigenvalue weighted by atomic mass is 9.74. The number of rotatable bonds is 13. The highest BCUT2D eigenvalue weighted by molar-refractivity contribution is 5.87. The lowest BCUT2D eigenvalue weighted by Gasteiger charge is -2.45. The fourth-order valence-corrected chi connectivity index (χ4v) is 6.14. The molecular formula is C32H44N2O7. The van der Waals surface area contributed by atoms with Gasteiger partial charge >= 0.3 is 12.0 Å². The van der Waals surface area contributed by atoms with Crippen LogP contribution in [0.3, 0.4) is 0 Å². The van der Waals surface area contributed by atoms with Crippen molar-refractivity contribution in [3.8, 4) is 11.5 Å². The molecule has 1 fully saturated rings. The molecule has 1 unspecified atom stereocenters. The molecule has 2 aliphatic carbocycles. The molecule has 9 heteroatoms. The smallest absolute Gasteiger partial charge is 0.329 e. The highest BCUT2D eigenvalue weighted by Crippen LogP contribution is 2.40. The number of methoxy groups -OCH3 is 1. The predicted octanol–water partition coefficient (Wildman–Crippen LogP) is 5.05. The van der Waals surface area contributed by atoms with Crippen LogP contribution in [0.15, 0.2) is 36.4 Å². The number of ether oxygens (including phenoxy) is 3. The van der Waals surface area contributed by atoms with Gasteiger partial charge in [-0.2, -0.15) is 0 Å². The van der Waals surface area contributed by atoms with Crippen molar-refractivity contribution in [3.63, 3.8) is 0 Å². The van der Waals surface area contributed by atoms with Crippen molar-refractivity contribution in [3.05, 3.63) is 58.7 Å². The fourth-order valence-electron chi connectivity index (χ4n) is 6.14. The van der Waals surface area contributed by atoms with Gasteiger partial charge in [-0.15, -0.1) is 0 Å². The number of carbonyl (C=O) groups is 2. The van der Waals surface area contributed by atoms with Crippen molar-refractivity contribution in [2.45, 2.75) is 83.6 Å². The molecule has 2 aromatic carbocycles. The first-order valence-corrected chi connectivity index (χ1v) is 14.7. The molecule has 0 aromatic heterocycles. The summed E-state index contributed by atoms with van der Waals surface area (Å²) in [6.07, 6.45) is 2.11. The number of carboxylic acid groups (broad SMARTS) is 1. The number of fused-ring (bicyclic) bond motifs is 1. The Balaban J connectivity index is 1.63. The molecule has 2 amide bonds. The Kier molecular flexibility index (Phi) is 9.81. The number of carbonyl (C=O) groups excluding carboxylic acids is 1. The van der Waals surface area contributed by atoms with Crippen LogP contribution in [0.4, 0.5) is 4.79 Å². The second-order valence-corrected chi connectivity index (χ2v) is 11.3. The van der Waals surface area contributed by atoms with Crippen molar-refractivity contribution in [2.24, 2.45) is 5.92 Å². The SMILES string of the molecule is CCOc1cc([C@@H](C)N(CCC2Cc3ccccc3C2)C(=O)N[C@]2(C(=O)O)C[C@@H](OC)C2)cc(OCC)c1C(C)O. The fraction of sp³-hybridized carbons (Fsp3) is 0.562. The van der Waals surface area contributed by atoms with E-state index in [1.54, 1.807) is 18.9 Å². The first-order valence-electron chi connectivity index (χ1n) is 14.7. The Bertz CT molecular complexity index is 1170. The first-order chi connectivity index (χ1) is 19.6. The van der Waals surface area contributed by atoms with E-state index in [2.05, 4.69) is 29.6 Å². The molecule has 2 aromatic rings. The van der Waals surface area contributed by atoms with Crippen LogP contribution in [-0.4, -0.2) is 65.6 Å². The molecular weight excluding hydrogens is 524 g/mol. The molecule has 4 rings (SSSR count). The van der Waals surface area contributed by atoms with Crippen molar-refractivity contribution in [1.82, 2.24) is 10.2 Å². The molecule has 0 radical (unpaired) electrons. The van der Waals surface area contributed by atoms with Crippen molar-refractivity contribution >= 4 is 12.0 Å². The molecule has 0 spiro atoms. The Hall–Kier alpha value is -3.30. The highest BCUT2D eigenvalue weighted by atomic mass is 16.5. The molecule has 0 saturated heterocycles. The summed E-state index contributed by atoms with van der Waals surface area (Å²) in [5.41, 5.74) is 2.68. The van der Waals surface area contributed by atoms with Crippen molar-refractivity contribution in [1.29, 1.82) is 0 Å². The number of urea groups is 1. The lowest BCUT2D eigenvalue weighted by molar-refractivity contribution is -0.155. The van der Waals surface area contributed by atoms with E-state index in [1.165, 1.54) is 11.1 Å². The maximum absolute atomic E-state index is 13.9. The molecule has 0 aliphatic heterocycles. The van der Waals surface area contributed by atoms with Gasteiger partial charge in [0.2, 0.25) is 0 Å². The minimum atomic E-state index is -1.36. The zero-order chi connectivity index (χ0) is 29.7. The number of aliphatic hydroxyl groups is 1. The molecule has 2 aliphatic rings. The molecule has 224 valence electrons. The zero-order valence-electron chi connectivity index (χ0n) is 24.8. The largest absolute Gasteiger partial charge is 0.493 e. The standard InChI is InChI=1S/C32H44N2O7/c1-6-40-27-16-25(17-28(41-7-2)29(27)21(4)35)20(3)34(13-12-22-14-23-10-8-9-11-24(23)15-22)31(38)33-32(30(36)37)18-26(19-32)39-5/h8-11,16-17,20-22,26,35H,6-7,12-15,18-19H2,1-5H3,(H,33,38)(H,36,37)/t20-,21?,26-,32-/m1/s1. The second kappa shape index (κ2) is 13.1. The number of nitrogens with zero attached hydrogens (tertiary/aromatic N) is 1. The summed E-state index contributed by atoms with van der Waals surface area (Å²) in [4.78, 5) is 27.9. The summed E-state index contributed by atoms with van der Waals surface area (Å²) < 4.78 is 17.1. The molecule has 41 heavy (non-hydrogen) atoms. The quantitative estimate of drug-likeness (QED) is 0.310. The average molecular weight is 569 g/mol. The maximum atomic E-state index is 13.9. The van der Waals surface area contributed by atoms with Crippen LogP contribution in [0.25, 0.3) is 0 Å². The minimum absolute atomic E-state index is 0.204. The zero-order valence-corrected chi connectivity index (χ0v) is 24.8. The van der Waals surface area contributed by atoms with Gasteiger partial charge in [-0.3, -0.25) is 0 Å². The highest BCUT2D eigenvalue weighted by Gasteiger charge is 2.52. The van der Waals surface area contributed by atoms with Crippen LogP contribution >= 0.6 is 0 Å². The Morgan fingerprint density at radius 3 is 2.07 bits per heavy atom. The number of nitrogens with one attached hydrogen (secondary N) is 1. The minimum Gasteiger partial charge on any atom is -0.493 e. The van der Waals surface area contributed by atoms with Gasteiger partial charge < -0.3 is 34.6 Å². The van der Waals surface area contributed by atoms with Gasteiger partial charge in [0.05, 0.1) is 37.0 Å². The van der Waals surface area contributed by atoms with E-state index in [-0.39, 0.29) is 18.9 Å².